The molecule has 0 bridgehead atoms. The van der Waals surface area contributed by atoms with E-state index in [1.54, 1.807) is 4.90 Å². The Hall–Kier alpha value is -1.55. The maximum Gasteiger partial charge on any atom is 0.573 e. The highest BCUT2D eigenvalue weighted by Gasteiger charge is 2.35. The molecule has 2 aliphatic rings. The van der Waals surface area contributed by atoms with Gasteiger partial charge in [0.25, 0.3) is 5.91 Å². The fraction of sp³-hybridized carbons (Fsp3) is 0.650. The monoisotopic (exact) mass is 451 g/mol. The van der Waals surface area contributed by atoms with Gasteiger partial charge in [-0.3, -0.25) is 9.69 Å². The lowest BCUT2D eigenvalue weighted by atomic mass is 9.97. The second-order valence-electron chi connectivity index (χ2n) is 7.44. The number of ether oxygens (including phenoxy) is 2. The van der Waals surface area contributed by atoms with Gasteiger partial charge in [0.1, 0.15) is 5.75 Å². The molecular formula is C20H29ClF3N3O3. The van der Waals surface area contributed by atoms with E-state index in [-0.39, 0.29) is 18.0 Å². The Kier molecular flexibility index (Phi) is 9.21. The van der Waals surface area contributed by atoms with Gasteiger partial charge in [-0.05, 0) is 37.8 Å². The number of benzene rings is 1. The first kappa shape index (κ1) is 24.7. The van der Waals surface area contributed by atoms with Crippen molar-refractivity contribution in [2.24, 2.45) is 5.73 Å². The Morgan fingerprint density at radius 1 is 1.13 bits per heavy atom. The molecule has 1 amide bonds. The summed E-state index contributed by atoms with van der Waals surface area (Å²) in [6.45, 7) is 3.85. The zero-order valence-electron chi connectivity index (χ0n) is 16.8. The summed E-state index contributed by atoms with van der Waals surface area (Å²) in [6.07, 6.45) is -1.35. The normalized spacial score (nSPS) is 18.9. The molecule has 6 nitrogen and oxygen atoms in total. The topological polar surface area (TPSA) is 68.0 Å². The number of hydrogen-bond donors (Lipinski definition) is 1. The Labute approximate surface area is 180 Å². The van der Waals surface area contributed by atoms with Crippen LogP contribution in [0.3, 0.4) is 0 Å². The quantitative estimate of drug-likeness (QED) is 0.720. The van der Waals surface area contributed by atoms with Crippen LogP contribution in [0.5, 0.6) is 5.75 Å². The van der Waals surface area contributed by atoms with Crippen LogP contribution in [-0.4, -0.2) is 73.5 Å². The summed E-state index contributed by atoms with van der Waals surface area (Å²) in [4.78, 5) is 16.9. The van der Waals surface area contributed by atoms with Crippen LogP contribution in [0.25, 0.3) is 0 Å². The van der Waals surface area contributed by atoms with Crippen LogP contribution in [0.2, 0.25) is 0 Å². The molecule has 0 saturated carbocycles. The van der Waals surface area contributed by atoms with Gasteiger partial charge in [-0.15, -0.1) is 25.6 Å². The molecule has 2 fully saturated rings. The molecule has 1 aromatic carbocycles. The molecule has 0 radical (unpaired) electrons. The molecule has 2 N–H and O–H groups in total. The third-order valence-electron chi connectivity index (χ3n) is 5.61. The average Bonchev–Trinajstić information content (AvgIpc) is 2.72. The number of amides is 1. The van der Waals surface area contributed by atoms with E-state index in [0.29, 0.717) is 31.7 Å². The minimum absolute atomic E-state index is 0. The van der Waals surface area contributed by atoms with E-state index in [1.165, 1.54) is 24.3 Å². The van der Waals surface area contributed by atoms with Gasteiger partial charge in [-0.1, -0.05) is 12.1 Å². The number of para-hydroxylation sites is 1. The van der Waals surface area contributed by atoms with Crippen molar-refractivity contribution in [3.8, 4) is 5.75 Å². The van der Waals surface area contributed by atoms with Crippen LogP contribution in [0.15, 0.2) is 24.3 Å². The molecule has 0 unspecified atom stereocenters. The van der Waals surface area contributed by atoms with Gasteiger partial charge in [-0.2, -0.15) is 0 Å². The van der Waals surface area contributed by atoms with Crippen molar-refractivity contribution in [2.75, 3.05) is 39.4 Å². The number of hydrogen-bond acceptors (Lipinski definition) is 5. The van der Waals surface area contributed by atoms with Gasteiger partial charge in [0.15, 0.2) is 0 Å². The largest absolute Gasteiger partial charge is 0.573 e. The summed E-state index contributed by atoms with van der Waals surface area (Å²) in [5.41, 5.74) is 5.75. The average molecular weight is 452 g/mol. The summed E-state index contributed by atoms with van der Waals surface area (Å²) in [6, 6.07) is 6.24. The number of alkyl halides is 3. The molecule has 2 aliphatic heterocycles. The van der Waals surface area contributed by atoms with Crippen LogP contribution in [0, 0.1) is 0 Å². The standard InChI is InChI=1S/C20H28F3N3O3.ClH/c21-20(22,23)29-18-4-2-1-3-17(18)19(27)25-10-5-15(6-11-25)26(12-9-24)16-7-13-28-14-8-16;/h1-4,15-16H,5-14,24H2;1H. The number of rotatable bonds is 6. The molecular weight excluding hydrogens is 423 g/mol. The lowest BCUT2D eigenvalue weighted by Gasteiger charge is -2.43. The molecule has 30 heavy (non-hydrogen) atoms. The van der Waals surface area contributed by atoms with Crippen molar-refractivity contribution >= 4 is 18.3 Å². The van der Waals surface area contributed by atoms with E-state index in [0.717, 1.165) is 45.4 Å². The smallest absolute Gasteiger partial charge is 0.405 e. The summed E-state index contributed by atoms with van der Waals surface area (Å²) >= 11 is 0. The van der Waals surface area contributed by atoms with Gasteiger partial charge in [0.2, 0.25) is 0 Å². The summed E-state index contributed by atoms with van der Waals surface area (Å²) < 4.78 is 47.4. The molecule has 0 atom stereocenters. The van der Waals surface area contributed by atoms with Crippen LogP contribution >= 0.6 is 12.4 Å². The van der Waals surface area contributed by atoms with E-state index in [9.17, 15) is 18.0 Å². The maximum atomic E-state index is 12.8. The molecule has 2 heterocycles. The van der Waals surface area contributed by atoms with Crippen LogP contribution in [-0.2, 0) is 4.74 Å². The summed E-state index contributed by atoms with van der Waals surface area (Å²) in [7, 11) is 0. The van der Waals surface area contributed by atoms with Crippen molar-refractivity contribution < 1.29 is 27.4 Å². The number of nitrogens with zero attached hydrogens (tertiary/aromatic N) is 2. The number of nitrogens with two attached hydrogens (primary N) is 1. The fourth-order valence-electron chi connectivity index (χ4n) is 4.26. The highest BCUT2D eigenvalue weighted by atomic mass is 35.5. The van der Waals surface area contributed by atoms with Gasteiger partial charge >= 0.3 is 6.36 Å². The van der Waals surface area contributed by atoms with Crippen molar-refractivity contribution in [1.82, 2.24) is 9.80 Å². The zero-order chi connectivity index (χ0) is 20.9. The first-order chi connectivity index (χ1) is 13.9. The number of carbonyl (C=O) groups excluding carboxylic acids is 1. The molecule has 0 spiro atoms. The lowest BCUT2D eigenvalue weighted by Crippen LogP contribution is -2.52. The molecule has 10 heteroatoms. The van der Waals surface area contributed by atoms with Crippen molar-refractivity contribution in [3.63, 3.8) is 0 Å². The van der Waals surface area contributed by atoms with Crippen molar-refractivity contribution in [2.45, 2.75) is 44.1 Å². The summed E-state index contributed by atoms with van der Waals surface area (Å²) in [5.74, 6) is -0.890. The predicted molar refractivity (Wildman–Crippen MR) is 109 cm³/mol. The number of piperidine rings is 1. The van der Waals surface area contributed by atoms with E-state index in [4.69, 9.17) is 10.5 Å². The summed E-state index contributed by atoms with van der Waals surface area (Å²) in [5, 5.41) is 0. The van der Waals surface area contributed by atoms with Gasteiger partial charge in [0.05, 0.1) is 5.56 Å². The van der Waals surface area contributed by atoms with Crippen molar-refractivity contribution in [1.29, 1.82) is 0 Å². The van der Waals surface area contributed by atoms with Gasteiger partial charge < -0.3 is 20.1 Å². The van der Waals surface area contributed by atoms with Gasteiger partial charge in [-0.25, -0.2) is 0 Å². The SMILES string of the molecule is Cl.NCCN(C1CCOCC1)C1CCN(C(=O)c2ccccc2OC(F)(F)F)CC1. The van der Waals surface area contributed by atoms with Crippen molar-refractivity contribution in [3.05, 3.63) is 29.8 Å². The Balaban J connectivity index is 0.00000320. The Morgan fingerprint density at radius 2 is 1.73 bits per heavy atom. The minimum Gasteiger partial charge on any atom is -0.405 e. The highest BCUT2D eigenvalue weighted by molar-refractivity contribution is 5.97. The minimum atomic E-state index is -4.84. The second-order valence-corrected chi connectivity index (χ2v) is 7.44. The van der Waals surface area contributed by atoms with Crippen LogP contribution in [0.1, 0.15) is 36.0 Å². The molecule has 170 valence electrons. The Bertz CT molecular complexity index is 679. The molecule has 1 aromatic rings. The van der Waals surface area contributed by atoms with E-state index >= 15 is 0 Å². The Morgan fingerprint density at radius 3 is 2.33 bits per heavy atom. The number of likely N-dealkylation sites (tertiary alicyclic amines) is 1. The second kappa shape index (κ2) is 11.2. The van der Waals surface area contributed by atoms with E-state index in [2.05, 4.69) is 9.64 Å². The van der Waals surface area contributed by atoms with Crippen LogP contribution < -0.4 is 10.5 Å². The third kappa shape index (κ3) is 6.47. The van der Waals surface area contributed by atoms with E-state index in [1.807, 2.05) is 0 Å². The van der Waals surface area contributed by atoms with Gasteiger partial charge in [0, 0.05) is 51.5 Å². The number of halogens is 4. The van der Waals surface area contributed by atoms with E-state index < -0.39 is 18.0 Å². The number of carbonyl (C=O) groups is 1. The predicted octanol–water partition coefficient (Wildman–Crippen LogP) is 3.05. The van der Waals surface area contributed by atoms with Crippen LogP contribution in [0.4, 0.5) is 13.2 Å². The highest BCUT2D eigenvalue weighted by Crippen LogP contribution is 2.29. The molecule has 3 rings (SSSR count). The fourth-order valence-corrected chi connectivity index (χ4v) is 4.26. The molecule has 0 aromatic heterocycles. The molecule has 0 aliphatic carbocycles. The zero-order valence-corrected chi connectivity index (χ0v) is 17.6. The first-order valence-electron chi connectivity index (χ1n) is 10.1. The molecule has 2 saturated heterocycles. The lowest BCUT2D eigenvalue weighted by molar-refractivity contribution is -0.274. The third-order valence-corrected chi connectivity index (χ3v) is 5.61. The maximum absolute atomic E-state index is 12.8. The first-order valence-corrected chi connectivity index (χ1v) is 10.1.